The highest BCUT2D eigenvalue weighted by atomic mass is 32.2. The van der Waals surface area contributed by atoms with Crippen molar-refractivity contribution in [2.75, 3.05) is 12.9 Å². The predicted octanol–water partition coefficient (Wildman–Crippen LogP) is -0.319. The van der Waals surface area contributed by atoms with Crippen LogP contribution in [0.15, 0.2) is 23.8 Å². The number of nitrogens with one attached hydrogen (secondary N) is 1. The van der Waals surface area contributed by atoms with Gasteiger partial charge in [0.1, 0.15) is 0 Å². The van der Waals surface area contributed by atoms with E-state index in [0.717, 1.165) is 5.57 Å². The van der Waals surface area contributed by atoms with Gasteiger partial charge in [-0.15, -0.1) is 0 Å². The maximum absolute atomic E-state index is 10.8. The quantitative estimate of drug-likeness (QED) is 0.634. The third-order valence-corrected chi connectivity index (χ3v) is 2.59. The van der Waals surface area contributed by atoms with E-state index in [1.807, 2.05) is 6.08 Å². The molecule has 0 heterocycles. The molecule has 6 heteroatoms. The van der Waals surface area contributed by atoms with Crippen molar-refractivity contribution >= 4 is 10.0 Å². The van der Waals surface area contributed by atoms with Gasteiger partial charge < -0.3 is 4.84 Å². The first-order valence-electron chi connectivity index (χ1n) is 4.16. The van der Waals surface area contributed by atoms with Crippen molar-refractivity contribution in [1.82, 2.24) is 5.48 Å². The van der Waals surface area contributed by atoms with Crippen LogP contribution >= 0.6 is 0 Å². The summed E-state index contributed by atoms with van der Waals surface area (Å²) in [7, 11) is -1.91. The topological polar surface area (TPSA) is 81.4 Å². The van der Waals surface area contributed by atoms with Gasteiger partial charge in [0.2, 0.25) is 10.0 Å². The third-order valence-electron chi connectivity index (χ3n) is 1.81. The minimum absolute atomic E-state index is 0.0155. The van der Waals surface area contributed by atoms with E-state index < -0.39 is 10.0 Å². The Morgan fingerprint density at radius 2 is 2.43 bits per heavy atom. The highest BCUT2D eigenvalue weighted by Gasteiger charge is 2.14. The lowest BCUT2D eigenvalue weighted by atomic mass is 10.0. The van der Waals surface area contributed by atoms with Crippen LogP contribution in [0.3, 0.4) is 0 Å². The van der Waals surface area contributed by atoms with Gasteiger partial charge in [-0.25, -0.2) is 13.6 Å². The van der Waals surface area contributed by atoms with Crippen molar-refractivity contribution in [3.63, 3.8) is 0 Å². The maximum atomic E-state index is 10.8. The second-order valence-corrected chi connectivity index (χ2v) is 4.76. The molecule has 0 saturated heterocycles. The van der Waals surface area contributed by atoms with E-state index in [0.29, 0.717) is 6.42 Å². The molecular formula is C8H14N2O3S. The van der Waals surface area contributed by atoms with E-state index in [9.17, 15) is 8.42 Å². The summed E-state index contributed by atoms with van der Waals surface area (Å²) in [5.74, 6) is -0.0980. The Morgan fingerprint density at radius 1 is 1.71 bits per heavy atom. The van der Waals surface area contributed by atoms with Crippen molar-refractivity contribution in [2.24, 2.45) is 5.14 Å². The van der Waals surface area contributed by atoms with Crippen LogP contribution in [0.1, 0.15) is 6.42 Å². The van der Waals surface area contributed by atoms with Gasteiger partial charge in [-0.2, -0.15) is 5.48 Å². The lowest BCUT2D eigenvalue weighted by Gasteiger charge is -2.17. The number of sulfonamides is 1. The summed E-state index contributed by atoms with van der Waals surface area (Å²) in [5.41, 5.74) is 3.52. The number of hydrogen-bond donors (Lipinski definition) is 2. The standard InChI is InChI=1S/C8H14N2O3S/c1-13-10-8-4-2-3-7(5-8)6-14(9,11)12/h2-4,8,10H,5-6H2,1H3,(H2,9,11,12). The molecule has 1 aliphatic carbocycles. The van der Waals surface area contributed by atoms with Gasteiger partial charge in [0.15, 0.2) is 0 Å². The Morgan fingerprint density at radius 3 is 3.00 bits per heavy atom. The summed E-state index contributed by atoms with van der Waals surface area (Å²) in [6.07, 6.45) is 6.05. The van der Waals surface area contributed by atoms with Crippen LogP contribution in [-0.2, 0) is 14.9 Å². The van der Waals surface area contributed by atoms with Crippen molar-refractivity contribution < 1.29 is 13.3 Å². The number of allylic oxidation sites excluding steroid dienone is 2. The fraction of sp³-hybridized carbons (Fsp3) is 0.500. The SMILES string of the molecule is CONC1C=CC=C(CS(N)(=O)=O)C1. The number of rotatable bonds is 4. The molecule has 80 valence electrons. The van der Waals surface area contributed by atoms with Crippen LogP contribution in [0.4, 0.5) is 0 Å². The molecule has 0 aromatic carbocycles. The van der Waals surface area contributed by atoms with Crippen LogP contribution in [-0.4, -0.2) is 27.3 Å². The third kappa shape index (κ3) is 4.01. The summed E-state index contributed by atoms with van der Waals surface area (Å²) in [5, 5.41) is 4.94. The number of hydrogen-bond acceptors (Lipinski definition) is 4. The lowest BCUT2D eigenvalue weighted by molar-refractivity contribution is 0.0735. The van der Waals surface area contributed by atoms with Crippen molar-refractivity contribution in [3.05, 3.63) is 23.8 Å². The van der Waals surface area contributed by atoms with Crippen molar-refractivity contribution in [1.29, 1.82) is 0 Å². The van der Waals surface area contributed by atoms with Gasteiger partial charge in [-0.3, -0.25) is 0 Å². The van der Waals surface area contributed by atoms with E-state index in [-0.39, 0.29) is 11.8 Å². The molecule has 0 aromatic heterocycles. The van der Waals surface area contributed by atoms with Crippen LogP contribution in [0.25, 0.3) is 0 Å². The molecule has 0 radical (unpaired) electrons. The first kappa shape index (κ1) is 11.4. The second-order valence-electron chi connectivity index (χ2n) is 3.15. The van der Waals surface area contributed by atoms with Crippen LogP contribution in [0, 0.1) is 0 Å². The van der Waals surface area contributed by atoms with Crippen LogP contribution in [0.2, 0.25) is 0 Å². The minimum atomic E-state index is -3.43. The first-order valence-corrected chi connectivity index (χ1v) is 5.88. The maximum Gasteiger partial charge on any atom is 0.212 e. The largest absolute Gasteiger partial charge is 0.305 e. The number of hydroxylamine groups is 1. The number of primary sulfonamides is 1. The molecule has 1 unspecified atom stereocenters. The molecule has 0 fully saturated rings. The Kier molecular flexibility index (Phi) is 3.82. The zero-order valence-corrected chi connectivity index (χ0v) is 8.75. The Labute approximate surface area is 83.6 Å². The lowest BCUT2D eigenvalue weighted by Crippen LogP contribution is -2.29. The minimum Gasteiger partial charge on any atom is -0.305 e. The molecule has 1 atom stereocenters. The molecule has 0 spiro atoms. The molecule has 0 saturated carbocycles. The molecule has 0 amide bonds. The van der Waals surface area contributed by atoms with E-state index in [4.69, 9.17) is 9.98 Å². The van der Waals surface area contributed by atoms with Gasteiger partial charge in [0.25, 0.3) is 0 Å². The normalized spacial score (nSPS) is 22.1. The zero-order chi connectivity index (χ0) is 10.6. The van der Waals surface area contributed by atoms with E-state index >= 15 is 0 Å². The molecular weight excluding hydrogens is 204 g/mol. The fourth-order valence-corrected chi connectivity index (χ4v) is 2.07. The highest BCUT2D eigenvalue weighted by Crippen LogP contribution is 2.13. The van der Waals surface area contributed by atoms with Crippen LogP contribution < -0.4 is 10.6 Å². The number of nitrogens with two attached hydrogens (primary N) is 1. The van der Waals surface area contributed by atoms with Crippen molar-refractivity contribution in [3.8, 4) is 0 Å². The first-order chi connectivity index (χ1) is 6.51. The average Bonchev–Trinajstić information content (AvgIpc) is 2.02. The molecule has 0 bridgehead atoms. The molecule has 3 N–H and O–H groups in total. The summed E-state index contributed by atoms with van der Waals surface area (Å²) in [4.78, 5) is 4.75. The van der Waals surface area contributed by atoms with E-state index in [1.165, 1.54) is 7.11 Å². The molecule has 1 aliphatic rings. The van der Waals surface area contributed by atoms with Gasteiger partial charge >= 0.3 is 0 Å². The molecule has 14 heavy (non-hydrogen) atoms. The van der Waals surface area contributed by atoms with E-state index in [1.54, 1.807) is 12.2 Å². The summed E-state index contributed by atoms with van der Waals surface area (Å²) >= 11 is 0. The Hall–Kier alpha value is -0.690. The average molecular weight is 218 g/mol. The fourth-order valence-electron chi connectivity index (χ4n) is 1.34. The molecule has 1 rings (SSSR count). The highest BCUT2D eigenvalue weighted by molar-refractivity contribution is 7.89. The monoisotopic (exact) mass is 218 g/mol. The molecule has 5 nitrogen and oxygen atoms in total. The summed E-state index contributed by atoms with van der Waals surface area (Å²) in [6.45, 7) is 0. The summed E-state index contributed by atoms with van der Waals surface area (Å²) in [6, 6.07) is 0.0155. The zero-order valence-electron chi connectivity index (χ0n) is 7.93. The van der Waals surface area contributed by atoms with Gasteiger partial charge in [0.05, 0.1) is 18.9 Å². The smallest absolute Gasteiger partial charge is 0.212 e. The van der Waals surface area contributed by atoms with Crippen molar-refractivity contribution in [2.45, 2.75) is 12.5 Å². The molecule has 0 aromatic rings. The second kappa shape index (κ2) is 4.70. The van der Waals surface area contributed by atoms with Gasteiger partial charge in [-0.05, 0) is 6.42 Å². The van der Waals surface area contributed by atoms with E-state index in [2.05, 4.69) is 5.48 Å². The predicted molar refractivity (Wildman–Crippen MR) is 53.7 cm³/mol. The van der Waals surface area contributed by atoms with Gasteiger partial charge in [0, 0.05) is 0 Å². The van der Waals surface area contributed by atoms with Crippen LogP contribution in [0.5, 0.6) is 0 Å². The van der Waals surface area contributed by atoms with Gasteiger partial charge in [-0.1, -0.05) is 23.8 Å². The Bertz CT molecular complexity index is 346. The summed E-state index contributed by atoms with van der Waals surface area (Å²) < 4.78 is 21.7. The Balaban J connectivity index is 2.57. The molecule has 0 aliphatic heterocycles.